The first kappa shape index (κ1) is 13.8. The van der Waals surface area contributed by atoms with Crippen LogP contribution in [0.5, 0.6) is 5.75 Å². The summed E-state index contributed by atoms with van der Waals surface area (Å²) >= 11 is 5.71. The van der Waals surface area contributed by atoms with E-state index in [1.807, 2.05) is 31.3 Å². The highest BCUT2D eigenvalue weighted by atomic mass is 35.5. The van der Waals surface area contributed by atoms with Gasteiger partial charge in [0.2, 0.25) is 0 Å². The van der Waals surface area contributed by atoms with Crippen molar-refractivity contribution in [2.45, 2.75) is 13.2 Å². The van der Waals surface area contributed by atoms with Crippen molar-refractivity contribution in [1.82, 2.24) is 5.32 Å². The Balaban J connectivity index is 2.00. The number of benzene rings is 2. The Morgan fingerprint density at radius 1 is 1.16 bits per heavy atom. The molecule has 4 heteroatoms. The summed E-state index contributed by atoms with van der Waals surface area (Å²) in [6.45, 7) is 0.973. The van der Waals surface area contributed by atoms with Gasteiger partial charge in [0.05, 0.1) is 5.02 Å². The molecule has 0 unspecified atom stereocenters. The van der Waals surface area contributed by atoms with Gasteiger partial charge in [0.1, 0.15) is 18.2 Å². The third-order valence-corrected chi connectivity index (χ3v) is 3.02. The average Bonchev–Trinajstić information content (AvgIpc) is 2.42. The van der Waals surface area contributed by atoms with Crippen LogP contribution in [0.15, 0.2) is 42.5 Å². The van der Waals surface area contributed by atoms with Crippen molar-refractivity contribution < 1.29 is 9.13 Å². The molecular weight excluding hydrogens is 265 g/mol. The molecule has 0 atom stereocenters. The quantitative estimate of drug-likeness (QED) is 0.899. The topological polar surface area (TPSA) is 21.3 Å². The molecule has 100 valence electrons. The minimum Gasteiger partial charge on any atom is -0.489 e. The smallest absolute Gasteiger partial charge is 0.148 e. The number of halogens is 2. The first-order valence-electron chi connectivity index (χ1n) is 6.00. The summed E-state index contributed by atoms with van der Waals surface area (Å²) < 4.78 is 19.2. The van der Waals surface area contributed by atoms with Crippen molar-refractivity contribution in [3.8, 4) is 5.75 Å². The van der Waals surface area contributed by atoms with Crippen LogP contribution in [0.25, 0.3) is 0 Å². The van der Waals surface area contributed by atoms with Crippen molar-refractivity contribution in [2.75, 3.05) is 7.05 Å². The van der Waals surface area contributed by atoms with Gasteiger partial charge >= 0.3 is 0 Å². The van der Waals surface area contributed by atoms with Crippen molar-refractivity contribution in [3.63, 3.8) is 0 Å². The summed E-state index contributed by atoms with van der Waals surface area (Å²) in [6, 6.07) is 12.6. The van der Waals surface area contributed by atoms with Crippen LogP contribution in [-0.2, 0) is 13.2 Å². The molecule has 0 radical (unpaired) electrons. The largest absolute Gasteiger partial charge is 0.489 e. The molecule has 2 aromatic carbocycles. The van der Waals surface area contributed by atoms with E-state index in [1.165, 1.54) is 11.6 Å². The molecule has 0 aromatic heterocycles. The van der Waals surface area contributed by atoms with E-state index < -0.39 is 5.82 Å². The van der Waals surface area contributed by atoms with Crippen LogP contribution in [0.3, 0.4) is 0 Å². The van der Waals surface area contributed by atoms with Gasteiger partial charge in [-0.3, -0.25) is 0 Å². The molecule has 0 saturated carbocycles. The summed E-state index contributed by atoms with van der Waals surface area (Å²) in [5, 5.41) is 3.19. The molecule has 19 heavy (non-hydrogen) atoms. The first-order valence-corrected chi connectivity index (χ1v) is 6.37. The Labute approximate surface area is 117 Å². The number of hydrogen-bond acceptors (Lipinski definition) is 2. The highest BCUT2D eigenvalue weighted by Gasteiger charge is 2.06. The van der Waals surface area contributed by atoms with Crippen LogP contribution in [0.2, 0.25) is 5.02 Å². The molecule has 2 nitrogen and oxygen atoms in total. The molecular formula is C15H15ClFNO. The van der Waals surface area contributed by atoms with Crippen molar-refractivity contribution in [2.24, 2.45) is 0 Å². The van der Waals surface area contributed by atoms with E-state index in [4.69, 9.17) is 16.3 Å². The summed E-state index contributed by atoms with van der Waals surface area (Å²) in [5.41, 5.74) is 1.62. The second-order valence-corrected chi connectivity index (χ2v) is 4.58. The van der Waals surface area contributed by atoms with Crippen molar-refractivity contribution in [1.29, 1.82) is 0 Å². The number of ether oxygens (including phenoxy) is 1. The van der Waals surface area contributed by atoms with Gasteiger partial charge in [-0.1, -0.05) is 35.9 Å². The minimum atomic E-state index is -0.420. The maximum absolute atomic E-state index is 13.6. The molecule has 0 aliphatic rings. The molecule has 0 bridgehead atoms. The van der Waals surface area contributed by atoms with Crippen LogP contribution in [0.1, 0.15) is 11.1 Å². The molecule has 0 aliphatic heterocycles. The van der Waals surface area contributed by atoms with E-state index in [-0.39, 0.29) is 11.6 Å². The van der Waals surface area contributed by atoms with E-state index in [2.05, 4.69) is 5.32 Å². The number of nitrogens with one attached hydrogen (secondary N) is 1. The van der Waals surface area contributed by atoms with Gasteiger partial charge in [-0.15, -0.1) is 0 Å². The molecule has 2 rings (SSSR count). The Morgan fingerprint density at radius 3 is 2.58 bits per heavy atom. The van der Waals surface area contributed by atoms with Gasteiger partial charge in [-0.25, -0.2) is 4.39 Å². The van der Waals surface area contributed by atoms with Gasteiger partial charge in [-0.2, -0.15) is 0 Å². The normalized spacial score (nSPS) is 10.5. The predicted molar refractivity (Wildman–Crippen MR) is 74.9 cm³/mol. The van der Waals surface area contributed by atoms with E-state index in [9.17, 15) is 4.39 Å². The van der Waals surface area contributed by atoms with Gasteiger partial charge in [-0.05, 0) is 30.8 Å². The second-order valence-electron chi connectivity index (χ2n) is 4.18. The molecule has 0 fully saturated rings. The monoisotopic (exact) mass is 279 g/mol. The van der Waals surface area contributed by atoms with Gasteiger partial charge in [0.25, 0.3) is 0 Å². The fourth-order valence-electron chi connectivity index (χ4n) is 1.73. The molecule has 0 aliphatic carbocycles. The maximum atomic E-state index is 13.6. The lowest BCUT2D eigenvalue weighted by molar-refractivity contribution is 0.300. The Morgan fingerprint density at radius 2 is 1.89 bits per heavy atom. The highest BCUT2D eigenvalue weighted by molar-refractivity contribution is 6.30. The van der Waals surface area contributed by atoms with E-state index in [0.29, 0.717) is 11.3 Å². The molecule has 0 spiro atoms. The minimum absolute atomic E-state index is 0.116. The Hall–Kier alpha value is -1.58. The Bertz CT molecular complexity index is 542. The molecule has 0 amide bonds. The fraction of sp³-hybridized carbons (Fsp3) is 0.200. The summed E-state index contributed by atoms with van der Waals surface area (Å²) in [7, 11) is 1.90. The molecule has 2 aromatic rings. The zero-order valence-corrected chi connectivity index (χ0v) is 11.4. The first-order chi connectivity index (χ1) is 9.20. The van der Waals surface area contributed by atoms with Gasteiger partial charge in [0.15, 0.2) is 0 Å². The zero-order valence-electron chi connectivity index (χ0n) is 10.6. The van der Waals surface area contributed by atoms with E-state index in [0.717, 1.165) is 6.54 Å². The van der Waals surface area contributed by atoms with Crippen LogP contribution in [0.4, 0.5) is 4.39 Å². The molecule has 1 N–H and O–H groups in total. The van der Waals surface area contributed by atoms with Gasteiger partial charge < -0.3 is 10.1 Å². The lowest BCUT2D eigenvalue weighted by atomic mass is 10.2. The third-order valence-electron chi connectivity index (χ3n) is 2.73. The van der Waals surface area contributed by atoms with Gasteiger partial charge in [0, 0.05) is 12.1 Å². The van der Waals surface area contributed by atoms with Crippen molar-refractivity contribution >= 4 is 11.6 Å². The second kappa shape index (κ2) is 6.55. The predicted octanol–water partition coefficient (Wildman–Crippen LogP) is 3.78. The van der Waals surface area contributed by atoms with Crippen LogP contribution < -0.4 is 10.1 Å². The lowest BCUT2D eigenvalue weighted by Crippen LogP contribution is -2.04. The maximum Gasteiger partial charge on any atom is 0.148 e. The zero-order chi connectivity index (χ0) is 13.7. The Kier molecular flexibility index (Phi) is 4.77. The summed E-state index contributed by atoms with van der Waals surface area (Å²) in [4.78, 5) is 0. The molecule has 0 heterocycles. The van der Waals surface area contributed by atoms with E-state index >= 15 is 0 Å². The van der Waals surface area contributed by atoms with Crippen molar-refractivity contribution in [3.05, 3.63) is 64.4 Å². The lowest BCUT2D eigenvalue weighted by Gasteiger charge is -2.08. The third kappa shape index (κ3) is 3.69. The standard InChI is InChI=1S/C15H15ClFNO/c1-18-9-11-5-7-13(8-6-11)19-10-12-3-2-4-14(16)15(12)17/h2-8,18H,9-10H2,1H3. The molecule has 0 saturated heterocycles. The van der Waals surface area contributed by atoms with E-state index in [1.54, 1.807) is 12.1 Å². The van der Waals surface area contributed by atoms with Crippen LogP contribution >= 0.6 is 11.6 Å². The van der Waals surface area contributed by atoms with Crippen LogP contribution in [-0.4, -0.2) is 7.05 Å². The summed E-state index contributed by atoms with van der Waals surface area (Å²) in [6.07, 6.45) is 0. The summed E-state index contributed by atoms with van der Waals surface area (Å²) in [5.74, 6) is 0.287. The number of rotatable bonds is 5. The van der Waals surface area contributed by atoms with Crippen LogP contribution in [0, 0.1) is 5.82 Å². The SMILES string of the molecule is CNCc1ccc(OCc2cccc(Cl)c2F)cc1. The average molecular weight is 280 g/mol. The number of hydrogen-bond donors (Lipinski definition) is 1. The fourth-order valence-corrected chi connectivity index (χ4v) is 1.92. The highest BCUT2D eigenvalue weighted by Crippen LogP contribution is 2.20.